The van der Waals surface area contributed by atoms with E-state index in [2.05, 4.69) is 24.3 Å². The van der Waals surface area contributed by atoms with Gasteiger partial charge in [0.05, 0.1) is 12.3 Å². The molecule has 158 valence electrons. The number of fused-ring (bicyclic) bond motifs is 3. The second kappa shape index (κ2) is 9.14. The van der Waals surface area contributed by atoms with Crippen LogP contribution < -0.4 is 5.73 Å². The van der Waals surface area contributed by atoms with Crippen molar-refractivity contribution < 1.29 is 19.4 Å². The average Bonchev–Trinajstić information content (AvgIpc) is 3.10. The van der Waals surface area contributed by atoms with Crippen molar-refractivity contribution in [3.8, 4) is 11.1 Å². The first-order valence-corrected chi connectivity index (χ1v) is 10.4. The number of carbonyl (C=O) groups excluding carboxylic acids is 1. The van der Waals surface area contributed by atoms with E-state index in [1.54, 1.807) is 0 Å². The van der Waals surface area contributed by atoms with Crippen LogP contribution in [0.25, 0.3) is 11.1 Å². The molecule has 3 aromatic rings. The molecule has 0 spiro atoms. The minimum atomic E-state index is -0.980. The average molecular weight is 415 g/mol. The van der Waals surface area contributed by atoms with Gasteiger partial charge in [0.1, 0.15) is 6.61 Å². The fraction of sp³-hybridized carbons (Fsp3) is 0.231. The highest BCUT2D eigenvalue weighted by molar-refractivity contribution is 5.80. The van der Waals surface area contributed by atoms with Crippen LogP contribution in [0.15, 0.2) is 78.9 Å². The molecule has 1 aliphatic rings. The van der Waals surface area contributed by atoms with E-state index in [1.165, 1.54) is 11.1 Å². The lowest BCUT2D eigenvalue weighted by atomic mass is 9.91. The number of aliphatic carboxylic acids is 1. The van der Waals surface area contributed by atoms with Crippen LogP contribution >= 0.6 is 0 Å². The molecule has 0 unspecified atom stereocenters. The largest absolute Gasteiger partial charge is 0.481 e. The second-order valence-electron chi connectivity index (χ2n) is 7.91. The number of carbonyl (C=O) groups is 2. The lowest BCUT2D eigenvalue weighted by Crippen LogP contribution is -2.30. The quantitative estimate of drug-likeness (QED) is 0.535. The predicted octanol–water partition coefficient (Wildman–Crippen LogP) is 4.32. The van der Waals surface area contributed by atoms with Crippen LogP contribution in [0.4, 0.5) is 0 Å². The molecule has 3 aromatic carbocycles. The van der Waals surface area contributed by atoms with E-state index in [4.69, 9.17) is 15.6 Å². The Morgan fingerprint density at radius 3 is 2.00 bits per heavy atom. The van der Waals surface area contributed by atoms with Gasteiger partial charge in [-0.3, -0.25) is 9.59 Å². The zero-order valence-electron chi connectivity index (χ0n) is 17.1. The van der Waals surface area contributed by atoms with E-state index in [0.717, 1.165) is 16.7 Å². The summed E-state index contributed by atoms with van der Waals surface area (Å²) in [7, 11) is 0. The minimum absolute atomic E-state index is 0.0273. The molecule has 5 heteroatoms. The summed E-state index contributed by atoms with van der Waals surface area (Å²) >= 11 is 0. The molecule has 5 nitrogen and oxygen atoms in total. The van der Waals surface area contributed by atoms with Crippen molar-refractivity contribution in [1.29, 1.82) is 0 Å². The van der Waals surface area contributed by atoms with Crippen LogP contribution in [0, 0.1) is 0 Å². The van der Waals surface area contributed by atoms with Crippen molar-refractivity contribution in [1.82, 2.24) is 0 Å². The highest BCUT2D eigenvalue weighted by atomic mass is 16.5. The van der Waals surface area contributed by atoms with Gasteiger partial charge in [-0.15, -0.1) is 0 Å². The molecule has 0 aromatic heterocycles. The predicted molar refractivity (Wildman–Crippen MR) is 119 cm³/mol. The van der Waals surface area contributed by atoms with Crippen LogP contribution in [0.3, 0.4) is 0 Å². The monoisotopic (exact) mass is 415 g/mol. The first-order valence-electron chi connectivity index (χ1n) is 10.4. The zero-order valence-corrected chi connectivity index (χ0v) is 17.1. The lowest BCUT2D eigenvalue weighted by Gasteiger charge is -2.21. The van der Waals surface area contributed by atoms with Crippen molar-refractivity contribution in [2.45, 2.75) is 30.7 Å². The second-order valence-corrected chi connectivity index (χ2v) is 7.91. The van der Waals surface area contributed by atoms with Crippen molar-refractivity contribution in [2.24, 2.45) is 5.73 Å². The number of ether oxygens (including phenoxy) is 1. The van der Waals surface area contributed by atoms with Gasteiger partial charge in [-0.25, -0.2) is 0 Å². The molecule has 31 heavy (non-hydrogen) atoms. The maximum Gasteiger partial charge on any atom is 0.313 e. The van der Waals surface area contributed by atoms with Gasteiger partial charge in [0, 0.05) is 12.0 Å². The highest BCUT2D eigenvalue weighted by Gasteiger charge is 2.31. The van der Waals surface area contributed by atoms with Crippen molar-refractivity contribution >= 4 is 11.9 Å². The van der Waals surface area contributed by atoms with E-state index in [1.807, 2.05) is 54.6 Å². The maximum atomic E-state index is 13.1. The Labute approximate surface area is 181 Å². The topological polar surface area (TPSA) is 89.6 Å². The molecule has 0 fully saturated rings. The summed E-state index contributed by atoms with van der Waals surface area (Å²) in [5, 5.41) is 9.04. The van der Waals surface area contributed by atoms with Gasteiger partial charge in [0.15, 0.2) is 0 Å². The molecule has 3 N–H and O–H groups in total. The molecule has 0 heterocycles. The smallest absolute Gasteiger partial charge is 0.313 e. The summed E-state index contributed by atoms with van der Waals surface area (Å²) in [6.45, 7) is 0.227. The van der Waals surface area contributed by atoms with Gasteiger partial charge in [0.25, 0.3) is 0 Å². The number of carboxylic acids is 1. The summed E-state index contributed by atoms with van der Waals surface area (Å²) < 4.78 is 5.82. The Morgan fingerprint density at radius 1 is 0.871 bits per heavy atom. The highest BCUT2D eigenvalue weighted by Crippen LogP contribution is 2.44. The fourth-order valence-electron chi connectivity index (χ4n) is 4.37. The standard InChI is InChI=1S/C26H25NO4/c27-18(15-25(28)29)14-23(17-8-2-1-3-9-17)26(30)31-16-24-21-12-6-4-10-19(21)20-11-5-7-13-22(20)24/h1-13,18,23-24H,14-16,27H2,(H,28,29)/t18-,23+/m0/s1. The Balaban J connectivity index is 1.53. The van der Waals surface area contributed by atoms with Crippen LogP contribution in [0.5, 0.6) is 0 Å². The molecule has 0 amide bonds. The fourth-order valence-corrected chi connectivity index (χ4v) is 4.37. The Hall–Kier alpha value is -3.44. The molecule has 2 atom stereocenters. The Morgan fingerprint density at radius 2 is 1.42 bits per heavy atom. The summed E-state index contributed by atoms with van der Waals surface area (Å²) in [5.41, 5.74) is 11.4. The Bertz CT molecular complexity index is 1030. The van der Waals surface area contributed by atoms with Crippen molar-refractivity contribution in [2.75, 3.05) is 6.61 Å². The molecule has 0 radical (unpaired) electrons. The first-order chi connectivity index (χ1) is 15.0. The van der Waals surface area contributed by atoms with E-state index in [-0.39, 0.29) is 31.3 Å². The maximum absolute atomic E-state index is 13.1. The van der Waals surface area contributed by atoms with E-state index in [0.29, 0.717) is 0 Å². The summed E-state index contributed by atoms with van der Waals surface area (Å²) in [6.07, 6.45) is 0.0208. The molecular formula is C26H25NO4. The number of carboxylic acid groups (broad SMARTS) is 1. The molecule has 1 aliphatic carbocycles. The third-order valence-corrected chi connectivity index (χ3v) is 5.82. The minimum Gasteiger partial charge on any atom is -0.481 e. The number of benzene rings is 3. The number of hydrogen-bond donors (Lipinski definition) is 2. The van der Waals surface area contributed by atoms with Gasteiger partial charge in [-0.2, -0.15) is 0 Å². The third kappa shape index (κ3) is 4.52. The van der Waals surface area contributed by atoms with Crippen molar-refractivity contribution in [3.63, 3.8) is 0 Å². The van der Waals surface area contributed by atoms with E-state index in [9.17, 15) is 9.59 Å². The van der Waals surface area contributed by atoms with E-state index >= 15 is 0 Å². The number of esters is 1. The number of nitrogens with two attached hydrogens (primary N) is 1. The Kier molecular flexibility index (Phi) is 6.14. The van der Waals surface area contributed by atoms with Gasteiger partial charge in [-0.05, 0) is 34.2 Å². The van der Waals surface area contributed by atoms with Gasteiger partial charge in [0.2, 0.25) is 0 Å². The van der Waals surface area contributed by atoms with Gasteiger partial charge >= 0.3 is 11.9 Å². The normalized spacial score (nSPS) is 14.4. The van der Waals surface area contributed by atoms with Gasteiger partial charge in [-0.1, -0.05) is 78.9 Å². The van der Waals surface area contributed by atoms with Crippen LogP contribution in [0.2, 0.25) is 0 Å². The SMILES string of the molecule is N[C@H](CC(=O)O)C[C@@H](C(=O)OCC1c2ccccc2-c2ccccc21)c1ccccc1. The molecule has 4 rings (SSSR count). The third-order valence-electron chi connectivity index (χ3n) is 5.82. The van der Waals surface area contributed by atoms with Gasteiger partial charge < -0.3 is 15.6 Å². The molecule has 0 saturated carbocycles. The zero-order chi connectivity index (χ0) is 21.8. The molecule has 0 aliphatic heterocycles. The molecule has 0 bridgehead atoms. The lowest BCUT2D eigenvalue weighted by molar-refractivity contribution is -0.146. The van der Waals surface area contributed by atoms with E-state index < -0.39 is 17.9 Å². The summed E-state index contributed by atoms with van der Waals surface area (Å²) in [5.74, 6) is -2.00. The summed E-state index contributed by atoms with van der Waals surface area (Å²) in [4.78, 5) is 24.2. The molecular weight excluding hydrogens is 390 g/mol. The number of rotatable bonds is 8. The molecule has 0 saturated heterocycles. The van der Waals surface area contributed by atoms with Crippen LogP contribution in [0.1, 0.15) is 41.4 Å². The van der Waals surface area contributed by atoms with Crippen LogP contribution in [-0.2, 0) is 14.3 Å². The summed E-state index contributed by atoms with van der Waals surface area (Å²) in [6, 6.07) is 25.0. The first kappa shape index (κ1) is 20.8. The number of hydrogen-bond acceptors (Lipinski definition) is 4. The van der Waals surface area contributed by atoms with Crippen molar-refractivity contribution in [3.05, 3.63) is 95.6 Å². The van der Waals surface area contributed by atoms with Crippen LogP contribution in [-0.4, -0.2) is 29.7 Å².